The summed E-state index contributed by atoms with van der Waals surface area (Å²) in [5.41, 5.74) is 1.73. The fourth-order valence-corrected chi connectivity index (χ4v) is 2.27. The number of nitrogens with one attached hydrogen (secondary N) is 1. The number of hydrogen-bond donors (Lipinski definition) is 2. The predicted octanol–water partition coefficient (Wildman–Crippen LogP) is 2.92. The molecule has 112 valence electrons. The fraction of sp³-hybridized carbons (Fsp3) is 0.294. The van der Waals surface area contributed by atoms with Crippen LogP contribution in [0.5, 0.6) is 5.75 Å². The van der Waals surface area contributed by atoms with Crippen molar-refractivity contribution >= 4 is 0 Å². The molecule has 0 heterocycles. The highest BCUT2D eigenvalue weighted by Gasteiger charge is 2.13. The Hall–Kier alpha value is -1.91. The van der Waals surface area contributed by atoms with E-state index in [9.17, 15) is 9.50 Å². The molecule has 4 heteroatoms. The third kappa shape index (κ3) is 4.55. The molecule has 0 saturated heterocycles. The third-order valence-corrected chi connectivity index (χ3v) is 3.33. The normalized spacial score (nSPS) is 12.6. The molecule has 3 nitrogen and oxygen atoms in total. The van der Waals surface area contributed by atoms with E-state index < -0.39 is 0 Å². The SMILES string of the molecule is CN(C)CC(NCc1cc(F)ccc1O)c1ccccc1. The molecule has 0 amide bonds. The Morgan fingerprint density at radius 2 is 1.86 bits per heavy atom. The second kappa shape index (κ2) is 7.20. The Balaban J connectivity index is 2.10. The van der Waals surface area contributed by atoms with Crippen molar-refractivity contribution in [3.63, 3.8) is 0 Å². The summed E-state index contributed by atoms with van der Waals surface area (Å²) in [4.78, 5) is 2.09. The first kappa shape index (κ1) is 15.5. The van der Waals surface area contributed by atoms with Crippen LogP contribution >= 0.6 is 0 Å². The first-order valence-electron chi connectivity index (χ1n) is 6.96. The molecule has 21 heavy (non-hydrogen) atoms. The van der Waals surface area contributed by atoms with Crippen molar-refractivity contribution < 1.29 is 9.50 Å². The maximum Gasteiger partial charge on any atom is 0.123 e. The van der Waals surface area contributed by atoms with Gasteiger partial charge in [-0.3, -0.25) is 0 Å². The zero-order valence-electron chi connectivity index (χ0n) is 12.4. The van der Waals surface area contributed by atoms with Crippen LogP contribution in [0.1, 0.15) is 17.2 Å². The summed E-state index contributed by atoms with van der Waals surface area (Å²) in [6, 6.07) is 14.2. The average Bonchev–Trinajstić information content (AvgIpc) is 2.47. The number of halogens is 1. The predicted molar refractivity (Wildman–Crippen MR) is 82.6 cm³/mol. The molecule has 0 aliphatic rings. The third-order valence-electron chi connectivity index (χ3n) is 3.33. The highest BCUT2D eigenvalue weighted by molar-refractivity contribution is 5.32. The van der Waals surface area contributed by atoms with Crippen LogP contribution in [0.4, 0.5) is 4.39 Å². The molecule has 2 aromatic rings. The molecule has 1 unspecified atom stereocenters. The van der Waals surface area contributed by atoms with Gasteiger partial charge in [0.25, 0.3) is 0 Å². The summed E-state index contributed by atoms with van der Waals surface area (Å²) >= 11 is 0. The zero-order chi connectivity index (χ0) is 15.2. The van der Waals surface area contributed by atoms with E-state index in [1.165, 1.54) is 23.8 Å². The van der Waals surface area contributed by atoms with Crippen LogP contribution in [0.25, 0.3) is 0 Å². The molecule has 0 aliphatic heterocycles. The van der Waals surface area contributed by atoms with Gasteiger partial charge in [-0.1, -0.05) is 30.3 Å². The minimum Gasteiger partial charge on any atom is -0.508 e. The van der Waals surface area contributed by atoms with Crippen LogP contribution in [0.15, 0.2) is 48.5 Å². The van der Waals surface area contributed by atoms with Gasteiger partial charge in [0.1, 0.15) is 11.6 Å². The largest absolute Gasteiger partial charge is 0.508 e. The molecule has 2 rings (SSSR count). The van der Waals surface area contributed by atoms with Gasteiger partial charge >= 0.3 is 0 Å². The summed E-state index contributed by atoms with van der Waals surface area (Å²) in [5.74, 6) is -0.228. The topological polar surface area (TPSA) is 35.5 Å². The summed E-state index contributed by atoms with van der Waals surface area (Å²) < 4.78 is 13.3. The molecule has 1 atom stereocenters. The van der Waals surface area contributed by atoms with E-state index in [4.69, 9.17) is 0 Å². The van der Waals surface area contributed by atoms with Crippen LogP contribution in [-0.4, -0.2) is 30.6 Å². The van der Waals surface area contributed by atoms with Gasteiger partial charge in [-0.2, -0.15) is 0 Å². The van der Waals surface area contributed by atoms with Crippen LogP contribution in [0.2, 0.25) is 0 Å². The molecule has 0 bridgehead atoms. The van der Waals surface area contributed by atoms with E-state index in [-0.39, 0.29) is 17.6 Å². The smallest absolute Gasteiger partial charge is 0.123 e. The molecular formula is C17H21FN2O. The van der Waals surface area contributed by atoms with E-state index >= 15 is 0 Å². The molecule has 0 fully saturated rings. The van der Waals surface area contributed by atoms with Crippen molar-refractivity contribution in [3.05, 3.63) is 65.5 Å². The standard InChI is InChI=1S/C17H21FN2O/c1-20(2)12-16(13-6-4-3-5-7-13)19-11-14-10-15(18)8-9-17(14)21/h3-10,16,19,21H,11-12H2,1-2H3. The van der Waals surface area contributed by atoms with Crippen molar-refractivity contribution in [2.45, 2.75) is 12.6 Å². The first-order chi connectivity index (χ1) is 10.1. The number of likely N-dealkylation sites (N-methyl/N-ethyl adjacent to an activating group) is 1. The lowest BCUT2D eigenvalue weighted by molar-refractivity contribution is 0.339. The van der Waals surface area contributed by atoms with Gasteiger partial charge < -0.3 is 15.3 Å². The number of phenolic OH excluding ortho intramolecular Hbond substituents is 1. The molecule has 0 aromatic heterocycles. The van der Waals surface area contributed by atoms with E-state index in [2.05, 4.69) is 22.3 Å². The number of hydrogen-bond acceptors (Lipinski definition) is 3. The van der Waals surface area contributed by atoms with Gasteiger partial charge in [0.15, 0.2) is 0 Å². The molecule has 0 saturated carbocycles. The van der Waals surface area contributed by atoms with Crippen LogP contribution in [0.3, 0.4) is 0 Å². The van der Waals surface area contributed by atoms with Gasteiger partial charge in [0.2, 0.25) is 0 Å². The van der Waals surface area contributed by atoms with Crippen molar-refractivity contribution in [3.8, 4) is 5.75 Å². The average molecular weight is 288 g/mol. The van der Waals surface area contributed by atoms with Gasteiger partial charge in [-0.25, -0.2) is 4.39 Å². The van der Waals surface area contributed by atoms with Crippen molar-refractivity contribution in [2.24, 2.45) is 0 Å². The highest BCUT2D eigenvalue weighted by atomic mass is 19.1. The number of nitrogens with zero attached hydrogens (tertiary/aromatic N) is 1. The maximum absolute atomic E-state index is 13.3. The first-order valence-corrected chi connectivity index (χ1v) is 6.96. The summed E-state index contributed by atoms with van der Waals surface area (Å²) in [7, 11) is 4.02. The van der Waals surface area contributed by atoms with Crippen LogP contribution in [-0.2, 0) is 6.54 Å². The lowest BCUT2D eigenvalue weighted by Crippen LogP contribution is -2.30. The molecule has 0 spiro atoms. The van der Waals surface area contributed by atoms with Gasteiger partial charge in [-0.15, -0.1) is 0 Å². The van der Waals surface area contributed by atoms with Crippen LogP contribution in [0, 0.1) is 5.82 Å². The van der Waals surface area contributed by atoms with Crippen molar-refractivity contribution in [1.82, 2.24) is 10.2 Å². The van der Waals surface area contributed by atoms with Crippen LogP contribution < -0.4 is 5.32 Å². The zero-order valence-corrected chi connectivity index (χ0v) is 12.4. The molecule has 2 N–H and O–H groups in total. The lowest BCUT2D eigenvalue weighted by atomic mass is 10.1. The quantitative estimate of drug-likeness (QED) is 0.858. The maximum atomic E-state index is 13.3. The Morgan fingerprint density at radius 1 is 1.14 bits per heavy atom. The molecular weight excluding hydrogens is 267 g/mol. The Labute approximate surface area is 125 Å². The Kier molecular flexibility index (Phi) is 5.31. The highest BCUT2D eigenvalue weighted by Crippen LogP contribution is 2.20. The number of benzene rings is 2. The monoisotopic (exact) mass is 288 g/mol. The lowest BCUT2D eigenvalue weighted by Gasteiger charge is -2.23. The fourth-order valence-electron chi connectivity index (χ4n) is 2.27. The number of rotatable bonds is 6. The number of phenols is 1. The van der Waals surface area contributed by atoms with Gasteiger partial charge in [0.05, 0.1) is 0 Å². The molecule has 0 aliphatic carbocycles. The van der Waals surface area contributed by atoms with Crippen molar-refractivity contribution in [1.29, 1.82) is 0 Å². The second-order valence-electron chi connectivity index (χ2n) is 5.38. The summed E-state index contributed by atoms with van der Waals surface area (Å²) in [6.45, 7) is 1.23. The second-order valence-corrected chi connectivity index (χ2v) is 5.38. The minimum atomic E-state index is -0.339. The van der Waals surface area contributed by atoms with E-state index in [1.807, 2.05) is 32.3 Å². The number of aromatic hydroxyl groups is 1. The summed E-state index contributed by atoms with van der Waals surface area (Å²) in [5, 5.41) is 13.2. The minimum absolute atomic E-state index is 0.112. The Morgan fingerprint density at radius 3 is 2.52 bits per heavy atom. The molecule has 0 radical (unpaired) electrons. The van der Waals surface area contributed by atoms with E-state index in [0.717, 1.165) is 6.54 Å². The summed E-state index contributed by atoms with van der Waals surface area (Å²) in [6.07, 6.45) is 0. The van der Waals surface area contributed by atoms with Gasteiger partial charge in [-0.05, 0) is 37.9 Å². The van der Waals surface area contributed by atoms with Crippen molar-refractivity contribution in [2.75, 3.05) is 20.6 Å². The molecule has 2 aromatic carbocycles. The van der Waals surface area contributed by atoms with E-state index in [1.54, 1.807) is 0 Å². The van der Waals surface area contributed by atoms with Gasteiger partial charge in [0, 0.05) is 24.7 Å². The Bertz CT molecular complexity index is 572. The van der Waals surface area contributed by atoms with E-state index in [0.29, 0.717) is 12.1 Å².